The van der Waals surface area contributed by atoms with Crippen LogP contribution in [0.2, 0.25) is 0 Å². The van der Waals surface area contributed by atoms with E-state index in [9.17, 15) is 12.8 Å². The Labute approximate surface area is 266 Å². The van der Waals surface area contributed by atoms with Gasteiger partial charge in [-0.05, 0) is 101 Å². The molecule has 232 valence electrons. The van der Waals surface area contributed by atoms with Crippen molar-refractivity contribution in [2.75, 3.05) is 29.9 Å². The summed E-state index contributed by atoms with van der Waals surface area (Å²) in [6.07, 6.45) is 8.29. The highest BCUT2D eigenvalue weighted by atomic mass is 79.9. The highest BCUT2D eigenvalue weighted by molar-refractivity contribution is 9.10. The van der Waals surface area contributed by atoms with Gasteiger partial charge in [0.2, 0.25) is 0 Å². The number of benzene rings is 3. The maximum Gasteiger partial charge on any atom is 0.151 e. The largest absolute Gasteiger partial charge is 0.490 e. The standard InChI is InChI=1S/C33H36BrFN4O4S/c1-2-17-44(40,41)18-15-36-14-4-12-33(13-5-16-43-33)25-8-10-30-28(20-25)32(38-23-37-30)39-27-9-11-31(29(34)21-27)42-22-24-6-3-7-26(35)19-24/h3,5-11,16,19-21,23,36H,2,4,12-15,17-18,22H2,1H3,(H,37,38,39). The molecule has 1 unspecified atom stereocenters. The van der Waals surface area contributed by atoms with E-state index in [2.05, 4.69) is 48.7 Å². The zero-order valence-corrected chi connectivity index (χ0v) is 27.0. The molecule has 2 heterocycles. The Bertz CT molecular complexity index is 1730. The molecule has 1 aromatic heterocycles. The molecule has 0 bridgehead atoms. The number of rotatable bonds is 15. The summed E-state index contributed by atoms with van der Waals surface area (Å²) in [6, 6.07) is 18.1. The van der Waals surface area contributed by atoms with Crippen molar-refractivity contribution in [3.05, 3.63) is 101 Å². The van der Waals surface area contributed by atoms with Crippen molar-refractivity contribution in [3.63, 3.8) is 0 Å². The molecule has 1 aliphatic rings. The Morgan fingerprint density at radius 1 is 1.07 bits per heavy atom. The summed E-state index contributed by atoms with van der Waals surface area (Å²) < 4.78 is 50.3. The number of nitrogens with zero attached hydrogens (tertiary/aromatic N) is 2. The molecule has 0 radical (unpaired) electrons. The van der Waals surface area contributed by atoms with E-state index >= 15 is 0 Å². The Morgan fingerprint density at radius 2 is 1.95 bits per heavy atom. The third kappa shape index (κ3) is 8.13. The molecule has 0 saturated carbocycles. The predicted octanol–water partition coefficient (Wildman–Crippen LogP) is 7.18. The smallest absolute Gasteiger partial charge is 0.151 e. The fourth-order valence-electron chi connectivity index (χ4n) is 5.28. The van der Waals surface area contributed by atoms with Gasteiger partial charge in [-0.1, -0.05) is 25.1 Å². The minimum absolute atomic E-state index is 0.158. The van der Waals surface area contributed by atoms with Crippen molar-refractivity contribution in [3.8, 4) is 5.75 Å². The quantitative estimate of drug-likeness (QED) is 0.127. The molecule has 2 N–H and O–H groups in total. The molecular formula is C33H36BrFN4O4S. The van der Waals surface area contributed by atoms with Crippen LogP contribution in [0.5, 0.6) is 5.75 Å². The number of halogens is 2. The first-order valence-corrected chi connectivity index (χ1v) is 17.3. The molecule has 1 atom stereocenters. The average molecular weight is 684 g/mol. The number of nitrogens with one attached hydrogen (secondary N) is 2. The predicted molar refractivity (Wildman–Crippen MR) is 175 cm³/mol. The minimum atomic E-state index is -2.99. The number of hydrogen-bond acceptors (Lipinski definition) is 8. The Kier molecular flexibility index (Phi) is 10.5. The fraction of sp³-hybridized carbons (Fsp3) is 0.333. The lowest BCUT2D eigenvalue weighted by molar-refractivity contribution is 0.0306. The van der Waals surface area contributed by atoms with E-state index in [1.165, 1.54) is 18.5 Å². The molecule has 0 aliphatic carbocycles. The molecule has 0 spiro atoms. The van der Waals surface area contributed by atoms with Crippen LogP contribution in [-0.4, -0.2) is 43.0 Å². The highest BCUT2D eigenvalue weighted by Crippen LogP contribution is 2.40. The van der Waals surface area contributed by atoms with Crippen molar-refractivity contribution in [1.82, 2.24) is 15.3 Å². The Hall–Kier alpha value is -3.54. The van der Waals surface area contributed by atoms with Crippen LogP contribution in [0.25, 0.3) is 10.9 Å². The fourth-order valence-corrected chi connectivity index (χ4v) is 7.06. The van der Waals surface area contributed by atoms with Gasteiger partial charge in [-0.15, -0.1) is 0 Å². The van der Waals surface area contributed by atoms with E-state index < -0.39 is 15.4 Å². The van der Waals surface area contributed by atoms with Gasteiger partial charge in [0.15, 0.2) is 9.84 Å². The number of fused-ring (bicyclic) bond motifs is 1. The van der Waals surface area contributed by atoms with Crippen molar-refractivity contribution in [2.24, 2.45) is 0 Å². The van der Waals surface area contributed by atoms with Gasteiger partial charge in [-0.3, -0.25) is 0 Å². The maximum absolute atomic E-state index is 13.5. The summed E-state index contributed by atoms with van der Waals surface area (Å²) in [4.78, 5) is 9.01. The first-order chi connectivity index (χ1) is 21.3. The first-order valence-electron chi connectivity index (χ1n) is 14.7. The zero-order chi connectivity index (χ0) is 31.0. The second-order valence-electron chi connectivity index (χ2n) is 10.8. The van der Waals surface area contributed by atoms with Gasteiger partial charge in [0.05, 0.1) is 22.0 Å². The summed E-state index contributed by atoms with van der Waals surface area (Å²) in [5.41, 5.74) is 2.87. The van der Waals surface area contributed by atoms with Gasteiger partial charge in [-0.25, -0.2) is 22.8 Å². The molecule has 4 aromatic rings. The molecule has 44 heavy (non-hydrogen) atoms. The lowest BCUT2D eigenvalue weighted by atomic mass is 9.86. The van der Waals surface area contributed by atoms with Crippen LogP contribution in [0.3, 0.4) is 0 Å². The van der Waals surface area contributed by atoms with Gasteiger partial charge in [0, 0.05) is 29.8 Å². The Morgan fingerprint density at radius 3 is 2.73 bits per heavy atom. The number of ether oxygens (including phenoxy) is 2. The molecule has 0 fully saturated rings. The number of anilines is 2. The Balaban J connectivity index is 1.26. The molecule has 0 amide bonds. The van der Waals surface area contributed by atoms with Crippen LogP contribution in [-0.2, 0) is 26.8 Å². The highest BCUT2D eigenvalue weighted by Gasteiger charge is 2.35. The molecule has 8 nitrogen and oxygen atoms in total. The molecular weight excluding hydrogens is 647 g/mol. The molecule has 0 saturated heterocycles. The zero-order valence-electron chi connectivity index (χ0n) is 24.6. The monoisotopic (exact) mass is 682 g/mol. The number of sulfone groups is 1. The van der Waals surface area contributed by atoms with Crippen LogP contribution in [0.4, 0.5) is 15.9 Å². The van der Waals surface area contributed by atoms with E-state index in [0.717, 1.165) is 51.5 Å². The van der Waals surface area contributed by atoms with E-state index in [1.54, 1.807) is 12.3 Å². The van der Waals surface area contributed by atoms with Gasteiger partial charge in [0.25, 0.3) is 0 Å². The third-order valence-electron chi connectivity index (χ3n) is 7.52. The van der Waals surface area contributed by atoms with E-state index in [4.69, 9.17) is 9.47 Å². The second-order valence-corrected chi connectivity index (χ2v) is 14.0. The number of aromatic nitrogens is 2. The van der Waals surface area contributed by atoms with E-state index in [-0.39, 0.29) is 23.9 Å². The SMILES string of the molecule is CCCS(=O)(=O)CCNCCCC1(c2ccc3ncnc(Nc4ccc(OCc5cccc(F)c5)c(Br)c4)c3c2)CC=CO1. The summed E-state index contributed by atoms with van der Waals surface area (Å²) in [6.45, 7) is 3.28. The van der Waals surface area contributed by atoms with E-state index in [0.29, 0.717) is 31.1 Å². The van der Waals surface area contributed by atoms with Crippen LogP contribution in [0.1, 0.15) is 43.7 Å². The first kappa shape index (κ1) is 31.9. The van der Waals surface area contributed by atoms with Gasteiger partial charge in [-0.2, -0.15) is 0 Å². The normalized spacial score (nSPS) is 16.2. The number of hydrogen-bond donors (Lipinski definition) is 2. The second kappa shape index (κ2) is 14.5. The third-order valence-corrected chi connectivity index (χ3v) is 9.99. The van der Waals surface area contributed by atoms with E-state index in [1.807, 2.05) is 43.3 Å². The van der Waals surface area contributed by atoms with Crippen LogP contribution in [0, 0.1) is 5.82 Å². The molecule has 11 heteroatoms. The topological polar surface area (TPSA) is 102 Å². The summed E-state index contributed by atoms with van der Waals surface area (Å²) in [7, 11) is -2.99. The molecule has 3 aromatic carbocycles. The molecule has 5 rings (SSSR count). The van der Waals surface area contributed by atoms with Crippen molar-refractivity contribution < 1.29 is 22.3 Å². The van der Waals surface area contributed by atoms with Crippen molar-refractivity contribution >= 4 is 48.2 Å². The average Bonchev–Trinajstić information content (AvgIpc) is 3.48. The summed E-state index contributed by atoms with van der Waals surface area (Å²) >= 11 is 3.59. The summed E-state index contributed by atoms with van der Waals surface area (Å²) in [5.74, 6) is 1.39. The lowest BCUT2D eigenvalue weighted by Gasteiger charge is -2.30. The van der Waals surface area contributed by atoms with Crippen LogP contribution in [0.15, 0.2) is 83.8 Å². The van der Waals surface area contributed by atoms with Gasteiger partial charge < -0.3 is 20.1 Å². The van der Waals surface area contributed by atoms with Crippen LogP contribution >= 0.6 is 15.9 Å². The minimum Gasteiger partial charge on any atom is -0.490 e. The van der Waals surface area contributed by atoms with Gasteiger partial charge in [0.1, 0.15) is 35.9 Å². The summed E-state index contributed by atoms with van der Waals surface area (Å²) in [5, 5.41) is 7.55. The van der Waals surface area contributed by atoms with Crippen LogP contribution < -0.4 is 15.4 Å². The van der Waals surface area contributed by atoms with Gasteiger partial charge >= 0.3 is 0 Å². The van der Waals surface area contributed by atoms with Crippen molar-refractivity contribution in [2.45, 2.75) is 44.8 Å². The lowest BCUT2D eigenvalue weighted by Crippen LogP contribution is -2.29. The molecule has 1 aliphatic heterocycles. The maximum atomic E-state index is 13.5. The van der Waals surface area contributed by atoms with Crippen molar-refractivity contribution in [1.29, 1.82) is 0 Å².